The van der Waals surface area contributed by atoms with Gasteiger partial charge in [0.1, 0.15) is 5.75 Å². The van der Waals surface area contributed by atoms with Gasteiger partial charge in [-0.25, -0.2) is 0 Å². The number of fused-ring (bicyclic) bond motifs is 1. The number of carbonyl (C=O) groups is 1. The van der Waals surface area contributed by atoms with E-state index in [0.717, 1.165) is 17.9 Å². The third-order valence-electron chi connectivity index (χ3n) is 2.55. The van der Waals surface area contributed by atoms with Crippen molar-refractivity contribution in [3.8, 4) is 5.75 Å². The topological polar surface area (TPSA) is 29.5 Å². The van der Waals surface area contributed by atoms with E-state index in [4.69, 9.17) is 4.74 Å². The Hall–Kier alpha value is -1.06. The van der Waals surface area contributed by atoms with Crippen LogP contribution in [-0.4, -0.2) is 37.9 Å². The SMILES string of the molecule is CN(C)CC1COc2ccccc2C1=O.[Cl-]. The van der Waals surface area contributed by atoms with Gasteiger partial charge in [0.15, 0.2) is 5.78 Å². The maximum absolute atomic E-state index is 12.0. The molecule has 0 saturated carbocycles. The highest BCUT2D eigenvalue weighted by atomic mass is 35.5. The monoisotopic (exact) mass is 240 g/mol. The van der Waals surface area contributed by atoms with Crippen molar-refractivity contribution in [3.63, 3.8) is 0 Å². The van der Waals surface area contributed by atoms with Crippen molar-refractivity contribution in [1.82, 2.24) is 4.90 Å². The fourth-order valence-corrected chi connectivity index (χ4v) is 1.86. The van der Waals surface area contributed by atoms with Gasteiger partial charge in [-0.05, 0) is 26.2 Å². The number of rotatable bonds is 2. The lowest BCUT2D eigenvalue weighted by Crippen LogP contribution is -3.00. The fourth-order valence-electron chi connectivity index (χ4n) is 1.86. The van der Waals surface area contributed by atoms with Crippen LogP contribution in [0.1, 0.15) is 10.4 Å². The average molecular weight is 241 g/mol. The maximum atomic E-state index is 12.0. The van der Waals surface area contributed by atoms with Gasteiger partial charge in [-0.15, -0.1) is 0 Å². The van der Waals surface area contributed by atoms with E-state index in [-0.39, 0.29) is 24.1 Å². The zero-order valence-electron chi connectivity index (χ0n) is 9.44. The van der Waals surface area contributed by atoms with E-state index in [0.29, 0.717) is 6.61 Å². The molecule has 0 fully saturated rings. The number of halogens is 1. The van der Waals surface area contributed by atoms with Crippen LogP contribution < -0.4 is 17.1 Å². The second-order valence-corrected chi connectivity index (χ2v) is 4.13. The summed E-state index contributed by atoms with van der Waals surface area (Å²) in [4.78, 5) is 14.1. The fraction of sp³-hybridized carbons (Fsp3) is 0.417. The van der Waals surface area contributed by atoms with Crippen molar-refractivity contribution >= 4 is 5.78 Å². The number of hydrogen-bond acceptors (Lipinski definition) is 3. The van der Waals surface area contributed by atoms with E-state index < -0.39 is 0 Å². The van der Waals surface area contributed by atoms with Gasteiger partial charge in [-0.3, -0.25) is 4.79 Å². The third-order valence-corrected chi connectivity index (χ3v) is 2.55. The lowest BCUT2D eigenvalue weighted by atomic mass is 9.95. The first-order valence-corrected chi connectivity index (χ1v) is 5.09. The lowest BCUT2D eigenvalue weighted by Gasteiger charge is -2.26. The van der Waals surface area contributed by atoms with Crippen molar-refractivity contribution in [2.75, 3.05) is 27.2 Å². The van der Waals surface area contributed by atoms with Gasteiger partial charge in [-0.2, -0.15) is 0 Å². The Bertz CT molecular complexity index is 379. The lowest BCUT2D eigenvalue weighted by molar-refractivity contribution is -0.0000131. The Labute approximate surface area is 102 Å². The van der Waals surface area contributed by atoms with Gasteiger partial charge in [0.25, 0.3) is 0 Å². The van der Waals surface area contributed by atoms with Gasteiger partial charge in [0.2, 0.25) is 0 Å². The minimum absolute atomic E-state index is 0. The molecule has 1 aliphatic heterocycles. The molecule has 88 valence electrons. The van der Waals surface area contributed by atoms with Crippen LogP contribution in [0.15, 0.2) is 24.3 Å². The molecule has 0 bridgehead atoms. The Kier molecular flexibility index (Phi) is 4.33. The van der Waals surface area contributed by atoms with E-state index in [1.807, 2.05) is 43.3 Å². The second-order valence-electron chi connectivity index (χ2n) is 4.13. The summed E-state index contributed by atoms with van der Waals surface area (Å²) in [7, 11) is 3.93. The normalized spacial score (nSPS) is 18.7. The molecule has 0 amide bonds. The number of ether oxygens (including phenoxy) is 1. The number of para-hydroxylation sites is 1. The Morgan fingerprint density at radius 1 is 1.38 bits per heavy atom. The van der Waals surface area contributed by atoms with E-state index >= 15 is 0 Å². The zero-order valence-corrected chi connectivity index (χ0v) is 10.2. The van der Waals surface area contributed by atoms with Crippen LogP contribution in [0.2, 0.25) is 0 Å². The van der Waals surface area contributed by atoms with Crippen LogP contribution in [-0.2, 0) is 0 Å². The van der Waals surface area contributed by atoms with Crippen LogP contribution in [0.5, 0.6) is 5.75 Å². The number of benzene rings is 1. The van der Waals surface area contributed by atoms with Crippen molar-refractivity contribution in [1.29, 1.82) is 0 Å². The molecule has 0 spiro atoms. The van der Waals surface area contributed by atoms with E-state index in [1.165, 1.54) is 0 Å². The first-order valence-electron chi connectivity index (χ1n) is 5.09. The first-order chi connectivity index (χ1) is 7.18. The van der Waals surface area contributed by atoms with Gasteiger partial charge < -0.3 is 22.0 Å². The molecular formula is C12H15ClNO2-. The molecule has 1 aliphatic rings. The van der Waals surface area contributed by atoms with Crippen molar-refractivity contribution in [3.05, 3.63) is 29.8 Å². The molecule has 0 N–H and O–H groups in total. The van der Waals surface area contributed by atoms with Gasteiger partial charge in [0, 0.05) is 6.54 Å². The van der Waals surface area contributed by atoms with Crippen molar-refractivity contribution < 1.29 is 21.9 Å². The van der Waals surface area contributed by atoms with Crippen molar-refractivity contribution in [2.24, 2.45) is 5.92 Å². The highest BCUT2D eigenvalue weighted by Gasteiger charge is 2.28. The molecule has 1 heterocycles. The summed E-state index contributed by atoms with van der Waals surface area (Å²) < 4.78 is 5.56. The molecule has 0 aromatic heterocycles. The number of carbonyl (C=O) groups excluding carboxylic acids is 1. The number of ketones is 1. The quantitative estimate of drug-likeness (QED) is 0.627. The van der Waals surface area contributed by atoms with Crippen molar-refractivity contribution in [2.45, 2.75) is 0 Å². The van der Waals surface area contributed by atoms with Crippen LogP contribution in [0.4, 0.5) is 0 Å². The van der Waals surface area contributed by atoms with Gasteiger partial charge >= 0.3 is 0 Å². The Morgan fingerprint density at radius 3 is 2.75 bits per heavy atom. The summed E-state index contributed by atoms with van der Waals surface area (Å²) >= 11 is 0. The first kappa shape index (κ1) is 13.0. The minimum Gasteiger partial charge on any atom is -1.00 e. The summed E-state index contributed by atoms with van der Waals surface area (Å²) in [5.41, 5.74) is 0.718. The average Bonchev–Trinajstić information content (AvgIpc) is 2.22. The predicted molar refractivity (Wildman–Crippen MR) is 58.3 cm³/mol. The third kappa shape index (κ3) is 2.54. The summed E-state index contributed by atoms with van der Waals surface area (Å²) in [6.45, 7) is 1.24. The Balaban J connectivity index is 0.00000128. The predicted octanol–water partition coefficient (Wildman–Crippen LogP) is -1.56. The molecule has 1 atom stereocenters. The molecule has 1 aromatic carbocycles. The number of Topliss-reactive ketones (excluding diaryl/α,β-unsaturated/α-hetero) is 1. The highest BCUT2D eigenvalue weighted by molar-refractivity contribution is 6.01. The molecule has 1 aromatic rings. The summed E-state index contributed by atoms with van der Waals surface area (Å²) in [5.74, 6) is 0.887. The standard InChI is InChI=1S/C12H15NO2.ClH/c1-13(2)7-9-8-15-11-6-4-3-5-10(11)12(9)14;/h3-6,9H,7-8H2,1-2H3;1H/p-1. The number of nitrogens with zero attached hydrogens (tertiary/aromatic N) is 1. The highest BCUT2D eigenvalue weighted by Crippen LogP contribution is 2.26. The second kappa shape index (κ2) is 5.32. The van der Waals surface area contributed by atoms with Crippen LogP contribution in [0, 0.1) is 5.92 Å². The minimum atomic E-state index is -0.0325. The van der Waals surface area contributed by atoms with Crippen LogP contribution in [0.25, 0.3) is 0 Å². The number of hydrogen-bond donors (Lipinski definition) is 0. The molecule has 1 unspecified atom stereocenters. The molecule has 3 nitrogen and oxygen atoms in total. The van der Waals surface area contributed by atoms with Gasteiger partial charge in [-0.1, -0.05) is 12.1 Å². The molecule has 2 rings (SSSR count). The van der Waals surface area contributed by atoms with E-state index in [2.05, 4.69) is 0 Å². The summed E-state index contributed by atoms with van der Waals surface area (Å²) in [6.07, 6.45) is 0. The van der Waals surface area contributed by atoms with E-state index in [9.17, 15) is 4.79 Å². The smallest absolute Gasteiger partial charge is 0.174 e. The largest absolute Gasteiger partial charge is 1.00 e. The zero-order chi connectivity index (χ0) is 10.8. The molecule has 0 radical (unpaired) electrons. The molecule has 4 heteroatoms. The summed E-state index contributed by atoms with van der Waals surface area (Å²) in [5, 5.41) is 0. The van der Waals surface area contributed by atoms with Crippen LogP contribution in [0.3, 0.4) is 0 Å². The van der Waals surface area contributed by atoms with Crippen LogP contribution >= 0.6 is 0 Å². The maximum Gasteiger partial charge on any atom is 0.174 e. The van der Waals surface area contributed by atoms with Gasteiger partial charge in [0.05, 0.1) is 18.1 Å². The molecule has 16 heavy (non-hydrogen) atoms. The molecule has 0 saturated heterocycles. The summed E-state index contributed by atoms with van der Waals surface area (Å²) in [6, 6.07) is 7.44. The molecular weight excluding hydrogens is 226 g/mol. The Morgan fingerprint density at radius 2 is 2.06 bits per heavy atom. The molecule has 0 aliphatic carbocycles. The van der Waals surface area contributed by atoms with E-state index in [1.54, 1.807) is 0 Å².